The van der Waals surface area contributed by atoms with E-state index in [-0.39, 0.29) is 29.9 Å². The van der Waals surface area contributed by atoms with Crippen LogP contribution in [-0.2, 0) is 6.54 Å². The second-order valence-electron chi connectivity index (χ2n) is 7.41. The number of aliphatic imine (C=N–C) groups is 1. The summed E-state index contributed by atoms with van der Waals surface area (Å²) in [7, 11) is 1.81. The van der Waals surface area contributed by atoms with E-state index in [4.69, 9.17) is 16.0 Å². The number of benzene rings is 1. The molecule has 1 fully saturated rings. The van der Waals surface area contributed by atoms with Gasteiger partial charge in [0.15, 0.2) is 11.7 Å². The molecular weight excluding hydrogens is 529 g/mol. The minimum Gasteiger partial charge on any atom is -0.459 e. The lowest BCUT2D eigenvalue weighted by atomic mass is 10.2. The van der Waals surface area contributed by atoms with Crippen LogP contribution in [-0.4, -0.2) is 68.0 Å². The molecule has 1 aliphatic heterocycles. The molecule has 2 N–H and O–H groups in total. The third kappa shape index (κ3) is 7.69. The Morgan fingerprint density at radius 1 is 1.16 bits per heavy atom. The second-order valence-corrected chi connectivity index (χ2v) is 7.85. The van der Waals surface area contributed by atoms with Crippen molar-refractivity contribution in [3.05, 3.63) is 58.5 Å². The van der Waals surface area contributed by atoms with Crippen LogP contribution in [0.15, 0.2) is 46.0 Å². The van der Waals surface area contributed by atoms with E-state index in [0.717, 1.165) is 62.2 Å². The molecule has 1 aliphatic rings. The molecule has 1 aromatic carbocycles. The highest BCUT2D eigenvalue weighted by molar-refractivity contribution is 14.0. The molecule has 9 heteroatoms. The summed E-state index contributed by atoms with van der Waals surface area (Å²) in [5.74, 6) is 1.12. The van der Waals surface area contributed by atoms with E-state index < -0.39 is 0 Å². The Hall–Kier alpha value is -1.78. The molecule has 0 aliphatic carbocycles. The fourth-order valence-corrected chi connectivity index (χ4v) is 3.73. The molecule has 2 aromatic rings. The Labute approximate surface area is 206 Å². The number of furan rings is 1. The highest BCUT2D eigenvalue weighted by Crippen LogP contribution is 2.14. The van der Waals surface area contributed by atoms with Gasteiger partial charge in [0.25, 0.3) is 5.91 Å². The minimum atomic E-state index is -0.169. The summed E-state index contributed by atoms with van der Waals surface area (Å²) in [6.07, 6.45) is 2.34. The summed E-state index contributed by atoms with van der Waals surface area (Å²) in [4.78, 5) is 21.2. The van der Waals surface area contributed by atoms with Crippen molar-refractivity contribution in [1.82, 2.24) is 20.4 Å². The molecule has 0 unspecified atom stereocenters. The van der Waals surface area contributed by atoms with Crippen molar-refractivity contribution in [3.8, 4) is 0 Å². The minimum absolute atomic E-state index is 0. The number of carbonyl (C=O) groups is 1. The summed E-state index contributed by atoms with van der Waals surface area (Å²) in [6, 6.07) is 9.83. The number of carbonyl (C=O) groups excluding carboxylic acids is 1. The molecule has 1 amide bonds. The maximum Gasteiger partial charge on any atom is 0.287 e. The Balaban J connectivity index is 0.00000341. The van der Waals surface area contributed by atoms with Crippen molar-refractivity contribution < 1.29 is 9.21 Å². The predicted molar refractivity (Wildman–Crippen MR) is 135 cm³/mol. The number of aryl methyl sites for hydroxylation is 1. The largest absolute Gasteiger partial charge is 0.459 e. The SMILES string of the molecule is CN=C(NCCCNC(=O)c1occc1C)N1CCN(Cc2cccc(Cl)c2)CC1.I. The molecule has 1 aromatic heterocycles. The van der Waals surface area contributed by atoms with Crippen molar-refractivity contribution in [2.24, 2.45) is 4.99 Å². The summed E-state index contributed by atoms with van der Waals surface area (Å²) in [6.45, 7) is 7.90. The van der Waals surface area contributed by atoms with Crippen molar-refractivity contribution in [2.75, 3.05) is 46.3 Å². The number of hydrogen-bond acceptors (Lipinski definition) is 4. The van der Waals surface area contributed by atoms with Crippen LogP contribution in [0.5, 0.6) is 0 Å². The van der Waals surface area contributed by atoms with Crippen LogP contribution in [0.2, 0.25) is 5.02 Å². The number of piperazine rings is 1. The number of amides is 1. The Morgan fingerprint density at radius 2 is 1.90 bits per heavy atom. The van der Waals surface area contributed by atoms with E-state index >= 15 is 0 Å². The van der Waals surface area contributed by atoms with Crippen LogP contribution in [0.25, 0.3) is 0 Å². The topological polar surface area (TPSA) is 73.1 Å². The van der Waals surface area contributed by atoms with Gasteiger partial charge in [-0.15, -0.1) is 24.0 Å². The van der Waals surface area contributed by atoms with Crippen LogP contribution in [0.4, 0.5) is 0 Å². The molecule has 0 bridgehead atoms. The van der Waals surface area contributed by atoms with Gasteiger partial charge in [-0.3, -0.25) is 14.7 Å². The summed E-state index contributed by atoms with van der Waals surface area (Å²) >= 11 is 6.09. The van der Waals surface area contributed by atoms with Crippen LogP contribution >= 0.6 is 35.6 Å². The number of halogens is 2. The molecule has 31 heavy (non-hydrogen) atoms. The third-order valence-electron chi connectivity index (χ3n) is 5.17. The van der Waals surface area contributed by atoms with E-state index in [9.17, 15) is 4.79 Å². The van der Waals surface area contributed by atoms with Crippen LogP contribution < -0.4 is 10.6 Å². The highest BCUT2D eigenvalue weighted by atomic mass is 127. The molecule has 7 nitrogen and oxygen atoms in total. The van der Waals surface area contributed by atoms with Gasteiger partial charge in [-0.05, 0) is 37.1 Å². The van der Waals surface area contributed by atoms with Crippen molar-refractivity contribution in [2.45, 2.75) is 19.9 Å². The maximum absolute atomic E-state index is 12.0. The molecule has 2 heterocycles. The van der Waals surface area contributed by atoms with Crippen molar-refractivity contribution in [3.63, 3.8) is 0 Å². The van der Waals surface area contributed by atoms with Crippen LogP contribution in [0.1, 0.15) is 28.1 Å². The third-order valence-corrected chi connectivity index (χ3v) is 5.40. The molecule has 3 rings (SSSR count). The summed E-state index contributed by atoms with van der Waals surface area (Å²) in [5.41, 5.74) is 2.09. The highest BCUT2D eigenvalue weighted by Gasteiger charge is 2.19. The first-order valence-corrected chi connectivity index (χ1v) is 10.7. The van der Waals surface area contributed by atoms with Gasteiger partial charge in [0, 0.05) is 63.4 Å². The molecule has 0 radical (unpaired) electrons. The number of nitrogens with zero attached hydrogens (tertiary/aromatic N) is 3. The van der Waals surface area contributed by atoms with Crippen molar-refractivity contribution >= 4 is 47.4 Å². The molecule has 1 saturated heterocycles. The van der Waals surface area contributed by atoms with Gasteiger partial charge in [0.1, 0.15) is 0 Å². The fourth-order valence-electron chi connectivity index (χ4n) is 3.52. The quantitative estimate of drug-likeness (QED) is 0.236. The van der Waals surface area contributed by atoms with Gasteiger partial charge in [-0.25, -0.2) is 0 Å². The second kappa shape index (κ2) is 12.9. The number of rotatable bonds is 7. The number of nitrogens with one attached hydrogen (secondary N) is 2. The van der Waals surface area contributed by atoms with E-state index in [1.807, 2.05) is 32.2 Å². The lowest BCUT2D eigenvalue weighted by Crippen LogP contribution is -2.52. The first-order valence-electron chi connectivity index (χ1n) is 10.3. The average molecular weight is 560 g/mol. The molecular formula is C22H31ClIN5O2. The Kier molecular flexibility index (Phi) is 10.6. The molecule has 0 atom stereocenters. The lowest BCUT2D eigenvalue weighted by Gasteiger charge is -2.36. The fraction of sp³-hybridized carbons (Fsp3) is 0.455. The molecule has 0 saturated carbocycles. The molecule has 170 valence electrons. The Bertz CT molecular complexity index is 865. The summed E-state index contributed by atoms with van der Waals surface area (Å²) in [5, 5.41) is 7.07. The zero-order valence-electron chi connectivity index (χ0n) is 18.1. The van der Waals surface area contributed by atoms with E-state index in [2.05, 4.69) is 31.5 Å². The van der Waals surface area contributed by atoms with E-state index in [1.165, 1.54) is 11.8 Å². The van der Waals surface area contributed by atoms with Crippen LogP contribution in [0, 0.1) is 6.92 Å². The predicted octanol–water partition coefficient (Wildman–Crippen LogP) is 3.37. The summed E-state index contributed by atoms with van der Waals surface area (Å²) < 4.78 is 5.21. The van der Waals surface area contributed by atoms with Gasteiger partial charge < -0.3 is 20.0 Å². The van der Waals surface area contributed by atoms with Gasteiger partial charge in [0.05, 0.1) is 6.26 Å². The van der Waals surface area contributed by atoms with Gasteiger partial charge >= 0.3 is 0 Å². The zero-order chi connectivity index (χ0) is 21.3. The first kappa shape index (κ1) is 25.5. The zero-order valence-corrected chi connectivity index (χ0v) is 21.2. The normalized spacial score (nSPS) is 14.8. The van der Waals surface area contributed by atoms with E-state index in [1.54, 1.807) is 6.07 Å². The smallest absolute Gasteiger partial charge is 0.287 e. The van der Waals surface area contributed by atoms with Gasteiger partial charge in [-0.1, -0.05) is 23.7 Å². The monoisotopic (exact) mass is 559 g/mol. The lowest BCUT2D eigenvalue weighted by molar-refractivity contribution is 0.0925. The number of guanidine groups is 1. The molecule has 0 spiro atoms. The maximum atomic E-state index is 12.0. The average Bonchev–Trinajstić information content (AvgIpc) is 3.17. The first-order chi connectivity index (χ1) is 14.6. The standard InChI is InChI=1S/C22H30ClN5O2.HI/c1-17-7-14-30-20(17)21(29)25-8-4-9-26-22(24-2)28-12-10-27(11-13-28)16-18-5-3-6-19(23)15-18;/h3,5-7,14-15H,4,8-13,16H2,1-2H3,(H,24,26)(H,25,29);1H. The number of hydrogen-bond donors (Lipinski definition) is 2. The van der Waals surface area contributed by atoms with Crippen LogP contribution in [0.3, 0.4) is 0 Å². The van der Waals surface area contributed by atoms with Gasteiger partial charge in [-0.2, -0.15) is 0 Å². The Morgan fingerprint density at radius 3 is 2.55 bits per heavy atom. The van der Waals surface area contributed by atoms with Crippen molar-refractivity contribution in [1.29, 1.82) is 0 Å². The van der Waals surface area contributed by atoms with E-state index in [0.29, 0.717) is 12.3 Å². The van der Waals surface area contributed by atoms with Gasteiger partial charge in [0.2, 0.25) is 0 Å².